The molecule has 0 saturated carbocycles. The highest BCUT2D eigenvalue weighted by molar-refractivity contribution is 8.00. The van der Waals surface area contributed by atoms with E-state index in [-0.39, 0.29) is 0 Å². The smallest absolute Gasteiger partial charge is 0.328 e. The number of hydrogen-bond acceptors (Lipinski definition) is 2. The first-order chi connectivity index (χ1) is 5.74. The van der Waals surface area contributed by atoms with Crippen molar-refractivity contribution in [3.8, 4) is 0 Å². The highest BCUT2D eigenvalue weighted by atomic mass is 32.2. The molecule has 0 aromatic rings. The van der Waals surface area contributed by atoms with Crippen LogP contribution in [0.15, 0.2) is 11.6 Å². The maximum absolute atomic E-state index is 10.4. The van der Waals surface area contributed by atoms with Crippen LogP contribution in [-0.4, -0.2) is 21.6 Å². The third-order valence-corrected chi connectivity index (χ3v) is 4.08. The average Bonchev–Trinajstić information content (AvgIpc) is 2.29. The third-order valence-electron chi connectivity index (χ3n) is 2.50. The van der Waals surface area contributed by atoms with E-state index in [4.69, 9.17) is 5.11 Å². The molecule has 2 heterocycles. The van der Waals surface area contributed by atoms with Crippen LogP contribution in [0.2, 0.25) is 0 Å². The monoisotopic (exact) mass is 184 g/mol. The number of carboxylic acid groups (broad SMARTS) is 1. The van der Waals surface area contributed by atoms with Crippen LogP contribution < -0.4 is 0 Å². The zero-order valence-electron chi connectivity index (χ0n) is 6.82. The Kier molecular flexibility index (Phi) is 2.13. The Morgan fingerprint density at radius 1 is 1.42 bits per heavy atom. The van der Waals surface area contributed by atoms with Gasteiger partial charge < -0.3 is 5.11 Å². The van der Waals surface area contributed by atoms with Gasteiger partial charge in [0.15, 0.2) is 0 Å². The van der Waals surface area contributed by atoms with Gasteiger partial charge in [-0.3, -0.25) is 0 Å². The highest BCUT2D eigenvalue weighted by Crippen LogP contribution is 2.45. The minimum absolute atomic E-state index is 0.717. The minimum Gasteiger partial charge on any atom is -0.478 e. The van der Waals surface area contributed by atoms with Gasteiger partial charge in [-0.05, 0) is 25.7 Å². The fraction of sp³-hybridized carbons (Fsp3) is 0.667. The number of carboxylic acids is 1. The van der Waals surface area contributed by atoms with E-state index < -0.39 is 5.97 Å². The Hall–Kier alpha value is -0.440. The van der Waals surface area contributed by atoms with E-state index in [2.05, 4.69) is 0 Å². The predicted molar refractivity (Wildman–Crippen MR) is 49.4 cm³/mol. The summed E-state index contributed by atoms with van der Waals surface area (Å²) in [6.45, 7) is 0. The van der Waals surface area contributed by atoms with Gasteiger partial charge in [-0.2, -0.15) is 11.8 Å². The van der Waals surface area contributed by atoms with Gasteiger partial charge in [0.25, 0.3) is 0 Å². The summed E-state index contributed by atoms with van der Waals surface area (Å²) in [7, 11) is 0. The van der Waals surface area contributed by atoms with Gasteiger partial charge >= 0.3 is 5.97 Å². The molecule has 2 rings (SSSR count). The number of aliphatic carboxylic acids is 1. The molecule has 2 aliphatic heterocycles. The summed E-state index contributed by atoms with van der Waals surface area (Å²) in [4.78, 5) is 10.4. The quantitative estimate of drug-likeness (QED) is 0.634. The van der Waals surface area contributed by atoms with Gasteiger partial charge in [-0.1, -0.05) is 5.57 Å². The van der Waals surface area contributed by atoms with Crippen molar-refractivity contribution in [2.24, 2.45) is 0 Å². The molecular weight excluding hydrogens is 172 g/mol. The molecule has 0 amide bonds. The van der Waals surface area contributed by atoms with Crippen LogP contribution in [0.1, 0.15) is 25.7 Å². The Morgan fingerprint density at radius 2 is 2.00 bits per heavy atom. The molecule has 2 saturated heterocycles. The standard InChI is InChI=1S/C9H12O2S/c10-9(11)5-6-3-7-1-2-8(4-6)12-7/h5,7-8H,1-4H2,(H,10,11). The molecule has 0 aromatic carbocycles. The number of thioether (sulfide) groups is 1. The van der Waals surface area contributed by atoms with Crippen LogP contribution in [0.5, 0.6) is 0 Å². The maximum atomic E-state index is 10.4. The highest BCUT2D eigenvalue weighted by Gasteiger charge is 2.31. The normalized spacial score (nSPS) is 33.5. The number of hydrogen-bond donors (Lipinski definition) is 1. The molecule has 3 heteroatoms. The fourth-order valence-corrected chi connectivity index (χ4v) is 3.75. The molecule has 1 N–H and O–H groups in total. The van der Waals surface area contributed by atoms with E-state index in [1.807, 2.05) is 11.8 Å². The molecule has 2 nitrogen and oxygen atoms in total. The van der Waals surface area contributed by atoms with Crippen molar-refractivity contribution in [2.45, 2.75) is 36.2 Å². The predicted octanol–water partition coefficient (Wildman–Crippen LogP) is 2.06. The van der Waals surface area contributed by atoms with Crippen molar-refractivity contribution in [1.82, 2.24) is 0 Å². The van der Waals surface area contributed by atoms with E-state index in [0.717, 1.165) is 18.4 Å². The summed E-state index contributed by atoms with van der Waals surface area (Å²) in [5, 5.41) is 10.0. The molecule has 2 bridgehead atoms. The second kappa shape index (κ2) is 3.13. The Bertz CT molecular complexity index is 221. The van der Waals surface area contributed by atoms with Crippen LogP contribution in [0, 0.1) is 0 Å². The number of rotatable bonds is 1. The number of fused-ring (bicyclic) bond motifs is 2. The largest absolute Gasteiger partial charge is 0.478 e. The lowest BCUT2D eigenvalue weighted by molar-refractivity contribution is -0.131. The van der Waals surface area contributed by atoms with Gasteiger partial charge in [0.1, 0.15) is 0 Å². The molecule has 0 spiro atoms. The topological polar surface area (TPSA) is 37.3 Å². The first-order valence-corrected chi connectivity index (χ1v) is 5.26. The van der Waals surface area contributed by atoms with Crippen molar-refractivity contribution >= 4 is 17.7 Å². The lowest BCUT2D eigenvalue weighted by Gasteiger charge is -2.20. The molecule has 12 heavy (non-hydrogen) atoms. The van der Waals surface area contributed by atoms with Crippen LogP contribution >= 0.6 is 11.8 Å². The summed E-state index contributed by atoms with van der Waals surface area (Å²) in [6, 6.07) is 0. The van der Waals surface area contributed by atoms with E-state index in [9.17, 15) is 4.79 Å². The van der Waals surface area contributed by atoms with Crippen LogP contribution in [0.25, 0.3) is 0 Å². The van der Waals surface area contributed by atoms with Crippen molar-refractivity contribution < 1.29 is 9.90 Å². The minimum atomic E-state index is -0.781. The van der Waals surface area contributed by atoms with E-state index in [0.29, 0.717) is 10.5 Å². The second-order valence-corrected chi connectivity index (χ2v) is 5.11. The zero-order valence-corrected chi connectivity index (χ0v) is 7.64. The van der Waals surface area contributed by atoms with E-state index in [1.54, 1.807) is 0 Å². The fourth-order valence-electron chi connectivity index (χ4n) is 2.04. The summed E-state index contributed by atoms with van der Waals surface area (Å²) in [5.74, 6) is -0.781. The summed E-state index contributed by atoms with van der Waals surface area (Å²) in [6.07, 6.45) is 5.99. The summed E-state index contributed by atoms with van der Waals surface area (Å²) in [5.41, 5.74) is 1.15. The first-order valence-electron chi connectivity index (χ1n) is 4.32. The Balaban J connectivity index is 2.07. The number of allylic oxidation sites excluding steroid dienone is 1. The third kappa shape index (κ3) is 1.66. The van der Waals surface area contributed by atoms with E-state index >= 15 is 0 Å². The lowest BCUT2D eigenvalue weighted by Crippen LogP contribution is -2.10. The van der Waals surface area contributed by atoms with E-state index in [1.165, 1.54) is 18.9 Å². The summed E-state index contributed by atoms with van der Waals surface area (Å²) >= 11 is 2.05. The average molecular weight is 184 g/mol. The molecule has 2 unspecified atom stereocenters. The van der Waals surface area contributed by atoms with Crippen LogP contribution in [0.4, 0.5) is 0 Å². The van der Waals surface area contributed by atoms with Gasteiger partial charge in [-0.25, -0.2) is 4.79 Å². The molecule has 2 aliphatic rings. The molecule has 0 aromatic heterocycles. The summed E-state index contributed by atoms with van der Waals surface area (Å²) < 4.78 is 0. The lowest BCUT2D eigenvalue weighted by atomic mass is 10.1. The van der Waals surface area contributed by atoms with Gasteiger partial charge in [0.2, 0.25) is 0 Å². The van der Waals surface area contributed by atoms with Gasteiger partial charge in [0.05, 0.1) is 0 Å². The van der Waals surface area contributed by atoms with Crippen molar-refractivity contribution in [3.05, 3.63) is 11.6 Å². The first kappa shape index (κ1) is 8.17. The van der Waals surface area contributed by atoms with Crippen LogP contribution in [-0.2, 0) is 4.79 Å². The van der Waals surface area contributed by atoms with Gasteiger partial charge in [0, 0.05) is 16.6 Å². The van der Waals surface area contributed by atoms with Crippen molar-refractivity contribution in [3.63, 3.8) is 0 Å². The number of carbonyl (C=O) groups is 1. The molecular formula is C9H12O2S. The zero-order chi connectivity index (χ0) is 8.55. The Morgan fingerprint density at radius 3 is 2.50 bits per heavy atom. The maximum Gasteiger partial charge on any atom is 0.328 e. The molecule has 0 aliphatic carbocycles. The molecule has 0 radical (unpaired) electrons. The van der Waals surface area contributed by atoms with Crippen molar-refractivity contribution in [2.75, 3.05) is 0 Å². The molecule has 2 fully saturated rings. The van der Waals surface area contributed by atoms with Gasteiger partial charge in [-0.15, -0.1) is 0 Å². The van der Waals surface area contributed by atoms with Crippen molar-refractivity contribution in [1.29, 1.82) is 0 Å². The molecule has 66 valence electrons. The molecule has 2 atom stereocenters. The second-order valence-electron chi connectivity index (χ2n) is 3.51. The SMILES string of the molecule is O=C(O)C=C1CC2CCC(C1)S2. The van der Waals surface area contributed by atoms with Crippen LogP contribution in [0.3, 0.4) is 0 Å². The Labute approximate surface area is 76.0 Å².